The number of carbonyl (C=O) groups is 2. The molecule has 1 amide bonds. The van der Waals surface area contributed by atoms with Crippen molar-refractivity contribution in [2.45, 2.75) is 25.7 Å². The van der Waals surface area contributed by atoms with Crippen molar-refractivity contribution in [1.29, 1.82) is 0 Å². The maximum absolute atomic E-state index is 13.1. The number of benzene rings is 2. The molecule has 0 aromatic heterocycles. The zero-order chi connectivity index (χ0) is 22.6. The van der Waals surface area contributed by atoms with E-state index >= 15 is 0 Å². The minimum Gasteiger partial charge on any atom is -0.480 e. The monoisotopic (exact) mass is 425 g/mol. The number of hydrazone groups is 1. The predicted octanol–water partition coefficient (Wildman–Crippen LogP) is 3.78. The molecule has 0 saturated carbocycles. The molecule has 0 aliphatic heterocycles. The maximum Gasteiger partial charge on any atom is 0.320 e. The number of rotatable bonds is 6. The molecule has 0 bridgehead atoms. The first-order valence-corrected chi connectivity index (χ1v) is 9.46. The lowest BCUT2D eigenvalue weighted by molar-refractivity contribution is -0.384. The Kier molecular flexibility index (Phi) is 6.24. The Morgan fingerprint density at radius 3 is 2.45 bits per heavy atom. The van der Waals surface area contributed by atoms with Crippen molar-refractivity contribution >= 4 is 23.8 Å². The Morgan fingerprint density at radius 2 is 1.87 bits per heavy atom. The van der Waals surface area contributed by atoms with Crippen LogP contribution in [0.4, 0.5) is 10.1 Å². The first-order valence-electron chi connectivity index (χ1n) is 9.46. The number of hydrogen-bond donors (Lipinski definition) is 2. The lowest BCUT2D eigenvalue weighted by Gasteiger charge is -2.38. The second-order valence-corrected chi connectivity index (χ2v) is 7.39. The number of allylic oxidation sites excluding steroid dienone is 2. The van der Waals surface area contributed by atoms with Crippen molar-refractivity contribution in [2.75, 3.05) is 0 Å². The van der Waals surface area contributed by atoms with Crippen LogP contribution in [0.5, 0.6) is 0 Å². The molecule has 1 aliphatic carbocycles. The van der Waals surface area contributed by atoms with Crippen molar-refractivity contribution in [2.24, 2.45) is 10.5 Å². The third-order valence-corrected chi connectivity index (χ3v) is 5.44. The van der Waals surface area contributed by atoms with Crippen LogP contribution in [0, 0.1) is 21.3 Å². The highest BCUT2D eigenvalue weighted by molar-refractivity contribution is 6.03. The fourth-order valence-electron chi connectivity index (χ4n) is 3.69. The van der Waals surface area contributed by atoms with Gasteiger partial charge in [-0.05, 0) is 43.0 Å². The molecule has 0 radical (unpaired) electrons. The molecule has 160 valence electrons. The molecule has 3 rings (SSSR count). The first-order chi connectivity index (χ1) is 14.7. The van der Waals surface area contributed by atoms with Crippen LogP contribution in [0.15, 0.2) is 65.3 Å². The highest BCUT2D eigenvalue weighted by Gasteiger charge is 2.53. The summed E-state index contributed by atoms with van der Waals surface area (Å²) in [5.41, 5.74) is 2.30. The van der Waals surface area contributed by atoms with E-state index in [-0.39, 0.29) is 12.1 Å². The number of carboxylic acids is 1. The number of nitro groups is 1. The van der Waals surface area contributed by atoms with E-state index in [1.807, 2.05) is 6.92 Å². The largest absolute Gasteiger partial charge is 0.480 e. The molecule has 2 aromatic carbocycles. The van der Waals surface area contributed by atoms with Gasteiger partial charge in [-0.3, -0.25) is 19.7 Å². The lowest BCUT2D eigenvalue weighted by atomic mass is 9.64. The van der Waals surface area contributed by atoms with Crippen LogP contribution in [0.25, 0.3) is 0 Å². The number of amides is 1. The third-order valence-electron chi connectivity index (χ3n) is 5.44. The van der Waals surface area contributed by atoms with Gasteiger partial charge in [0, 0.05) is 18.1 Å². The highest BCUT2D eigenvalue weighted by atomic mass is 19.1. The quantitative estimate of drug-likeness (QED) is 0.240. The van der Waals surface area contributed by atoms with Gasteiger partial charge in [0.05, 0.1) is 11.1 Å². The number of hydrogen-bond acceptors (Lipinski definition) is 5. The minimum absolute atomic E-state index is 0.0479. The summed E-state index contributed by atoms with van der Waals surface area (Å²) in [7, 11) is 0. The molecule has 0 fully saturated rings. The Bertz CT molecular complexity index is 1060. The van der Waals surface area contributed by atoms with E-state index in [4.69, 9.17) is 0 Å². The Morgan fingerprint density at radius 1 is 1.23 bits per heavy atom. The second kappa shape index (κ2) is 8.86. The molecule has 1 aliphatic rings. The summed E-state index contributed by atoms with van der Waals surface area (Å²) in [6.45, 7) is 1.84. The zero-order valence-corrected chi connectivity index (χ0v) is 16.6. The number of aliphatic carboxylic acids is 1. The molecule has 0 spiro atoms. The summed E-state index contributed by atoms with van der Waals surface area (Å²) >= 11 is 0. The SMILES string of the molecule is CC1=CCC(C(=O)O)(C(=O)NN=Cc2ccc(F)cc2)C(c2ccc([N+](=O)[O-])cc2)C1. The molecular formula is C22H20FN3O5. The lowest BCUT2D eigenvalue weighted by Crippen LogP contribution is -2.50. The van der Waals surface area contributed by atoms with Crippen LogP contribution in [-0.2, 0) is 9.59 Å². The molecule has 2 unspecified atom stereocenters. The summed E-state index contributed by atoms with van der Waals surface area (Å²) in [6.07, 6.45) is 3.25. The van der Waals surface area contributed by atoms with E-state index in [0.29, 0.717) is 17.5 Å². The average molecular weight is 425 g/mol. The first kappa shape index (κ1) is 21.8. The topological polar surface area (TPSA) is 122 Å². The van der Waals surface area contributed by atoms with Crippen LogP contribution in [0.2, 0.25) is 0 Å². The number of carbonyl (C=O) groups excluding carboxylic acids is 1. The minimum atomic E-state index is -1.84. The van der Waals surface area contributed by atoms with Crippen LogP contribution in [0.3, 0.4) is 0 Å². The molecule has 2 aromatic rings. The van der Waals surface area contributed by atoms with Gasteiger partial charge in [-0.1, -0.05) is 35.9 Å². The van der Waals surface area contributed by atoms with Crippen LogP contribution in [-0.4, -0.2) is 28.1 Å². The molecule has 8 nitrogen and oxygen atoms in total. The number of carboxylic acid groups (broad SMARTS) is 1. The second-order valence-electron chi connectivity index (χ2n) is 7.39. The van der Waals surface area contributed by atoms with Crippen molar-refractivity contribution < 1.29 is 24.0 Å². The number of nitro benzene ring substituents is 1. The molecule has 0 heterocycles. The summed E-state index contributed by atoms with van der Waals surface area (Å²) in [6, 6.07) is 10.9. The summed E-state index contributed by atoms with van der Waals surface area (Å²) in [5.74, 6) is -3.27. The fourth-order valence-corrected chi connectivity index (χ4v) is 3.69. The number of nitrogens with one attached hydrogen (secondary N) is 1. The summed E-state index contributed by atoms with van der Waals surface area (Å²) in [5, 5.41) is 24.9. The molecule has 0 saturated heterocycles. The molecule has 2 atom stereocenters. The average Bonchev–Trinajstić information content (AvgIpc) is 2.75. The van der Waals surface area contributed by atoms with Gasteiger partial charge >= 0.3 is 5.97 Å². The summed E-state index contributed by atoms with van der Waals surface area (Å²) < 4.78 is 13.0. The molecule has 2 N–H and O–H groups in total. The van der Waals surface area contributed by atoms with Gasteiger partial charge in [-0.25, -0.2) is 9.82 Å². The van der Waals surface area contributed by atoms with E-state index in [2.05, 4.69) is 10.5 Å². The standard InChI is InChI=1S/C22H20FN3O5/c1-14-10-11-22(21(28)29,19(12-14)16-4-8-18(9-5-16)26(30)31)20(27)25-24-13-15-2-6-17(23)7-3-15/h2-10,13,19H,11-12H2,1H3,(H,25,27)(H,28,29). The van der Waals surface area contributed by atoms with Gasteiger partial charge < -0.3 is 5.11 Å². The molecule has 31 heavy (non-hydrogen) atoms. The Labute approximate surface area is 177 Å². The van der Waals surface area contributed by atoms with Crippen molar-refractivity contribution in [1.82, 2.24) is 5.43 Å². The van der Waals surface area contributed by atoms with E-state index < -0.39 is 33.9 Å². The van der Waals surface area contributed by atoms with Crippen molar-refractivity contribution in [3.63, 3.8) is 0 Å². The number of non-ortho nitro benzene ring substituents is 1. The fraction of sp³-hybridized carbons (Fsp3) is 0.227. The Hall–Kier alpha value is -3.88. The molecule has 9 heteroatoms. The van der Waals surface area contributed by atoms with Gasteiger partial charge in [-0.2, -0.15) is 5.10 Å². The van der Waals surface area contributed by atoms with Crippen LogP contribution < -0.4 is 5.43 Å². The zero-order valence-electron chi connectivity index (χ0n) is 16.6. The van der Waals surface area contributed by atoms with E-state index in [1.165, 1.54) is 54.7 Å². The van der Waals surface area contributed by atoms with Crippen molar-refractivity contribution in [3.8, 4) is 0 Å². The Balaban J connectivity index is 1.92. The third kappa shape index (κ3) is 4.50. The highest BCUT2D eigenvalue weighted by Crippen LogP contribution is 2.47. The molecular weight excluding hydrogens is 405 g/mol. The van der Waals surface area contributed by atoms with Gasteiger partial charge in [0.15, 0.2) is 5.41 Å². The number of halogens is 1. The van der Waals surface area contributed by atoms with Crippen LogP contribution >= 0.6 is 0 Å². The smallest absolute Gasteiger partial charge is 0.320 e. The van der Waals surface area contributed by atoms with E-state index in [1.54, 1.807) is 6.08 Å². The van der Waals surface area contributed by atoms with E-state index in [0.717, 1.165) is 5.57 Å². The van der Waals surface area contributed by atoms with Crippen LogP contribution in [0.1, 0.15) is 36.8 Å². The normalized spacial score (nSPS) is 20.8. The predicted molar refractivity (Wildman–Crippen MR) is 111 cm³/mol. The summed E-state index contributed by atoms with van der Waals surface area (Å²) in [4.78, 5) is 35.8. The van der Waals surface area contributed by atoms with Gasteiger partial charge in [0.2, 0.25) is 0 Å². The van der Waals surface area contributed by atoms with Gasteiger partial charge in [0.1, 0.15) is 5.82 Å². The van der Waals surface area contributed by atoms with Gasteiger partial charge in [0.25, 0.3) is 11.6 Å². The maximum atomic E-state index is 13.1. The van der Waals surface area contributed by atoms with Crippen molar-refractivity contribution in [3.05, 3.63) is 87.2 Å². The number of nitrogens with zero attached hydrogens (tertiary/aromatic N) is 2. The van der Waals surface area contributed by atoms with Gasteiger partial charge in [-0.15, -0.1) is 0 Å². The van der Waals surface area contributed by atoms with E-state index in [9.17, 15) is 29.2 Å².